The predicted octanol–water partition coefficient (Wildman–Crippen LogP) is 2.63. The standard InChI is InChI=1S/C13H16N2O3S3/c1-8(6-19-2)5-15-12(18)9-3-4-20-11(9)14-13(15)21-7-10(16)17/h3-4,8H,5-7H2,1-2H3,(H,16,17). The maximum Gasteiger partial charge on any atom is 0.313 e. The van der Waals surface area contributed by atoms with Crippen molar-refractivity contribution in [2.75, 3.05) is 17.8 Å². The lowest BCUT2D eigenvalue weighted by atomic mass is 10.2. The van der Waals surface area contributed by atoms with Crippen molar-refractivity contribution < 1.29 is 9.90 Å². The van der Waals surface area contributed by atoms with Gasteiger partial charge in [0.15, 0.2) is 5.16 Å². The fourth-order valence-corrected chi connectivity index (χ4v) is 4.18. The zero-order chi connectivity index (χ0) is 15.4. The van der Waals surface area contributed by atoms with Crippen LogP contribution in [0.15, 0.2) is 21.4 Å². The molecule has 2 aromatic rings. The molecule has 0 bridgehead atoms. The maximum absolute atomic E-state index is 12.6. The summed E-state index contributed by atoms with van der Waals surface area (Å²) in [6.07, 6.45) is 2.03. The number of hydrogen-bond donors (Lipinski definition) is 1. The van der Waals surface area contributed by atoms with Crippen LogP contribution in [0, 0.1) is 5.92 Å². The number of aromatic nitrogens is 2. The molecular weight excluding hydrogens is 328 g/mol. The van der Waals surface area contributed by atoms with Crippen molar-refractivity contribution in [1.82, 2.24) is 9.55 Å². The molecule has 0 fully saturated rings. The summed E-state index contributed by atoms with van der Waals surface area (Å²) in [7, 11) is 0. The molecule has 0 aliphatic rings. The zero-order valence-corrected chi connectivity index (χ0v) is 14.2. The van der Waals surface area contributed by atoms with Gasteiger partial charge in [-0.2, -0.15) is 11.8 Å². The van der Waals surface area contributed by atoms with E-state index in [1.54, 1.807) is 22.4 Å². The molecule has 0 aliphatic carbocycles. The van der Waals surface area contributed by atoms with Crippen LogP contribution in [0.1, 0.15) is 6.92 Å². The third-order valence-corrected chi connectivity index (χ3v) is 5.49. The van der Waals surface area contributed by atoms with Crippen LogP contribution in [0.25, 0.3) is 10.2 Å². The quantitative estimate of drug-likeness (QED) is 0.615. The molecule has 21 heavy (non-hydrogen) atoms. The SMILES string of the molecule is CSCC(C)Cn1c(SCC(=O)O)nc2sccc2c1=O. The third-order valence-electron chi connectivity index (χ3n) is 2.82. The number of fused-ring (bicyclic) bond motifs is 1. The second kappa shape index (κ2) is 7.33. The Morgan fingerprint density at radius 3 is 3.00 bits per heavy atom. The Bertz CT molecular complexity index is 696. The van der Waals surface area contributed by atoms with Crippen LogP contribution < -0.4 is 5.56 Å². The average molecular weight is 344 g/mol. The van der Waals surface area contributed by atoms with Crippen LogP contribution in [-0.4, -0.2) is 38.4 Å². The summed E-state index contributed by atoms with van der Waals surface area (Å²) >= 11 is 4.23. The molecule has 0 radical (unpaired) electrons. The van der Waals surface area contributed by atoms with Gasteiger partial charge in [0.2, 0.25) is 0 Å². The van der Waals surface area contributed by atoms with Crippen molar-refractivity contribution in [3.05, 3.63) is 21.8 Å². The molecule has 0 spiro atoms. The van der Waals surface area contributed by atoms with Crippen LogP contribution in [-0.2, 0) is 11.3 Å². The maximum atomic E-state index is 12.6. The highest BCUT2D eigenvalue weighted by Gasteiger charge is 2.15. The van der Waals surface area contributed by atoms with Gasteiger partial charge in [-0.3, -0.25) is 14.2 Å². The molecule has 1 atom stereocenters. The number of nitrogens with zero attached hydrogens (tertiary/aromatic N) is 2. The molecule has 2 aromatic heterocycles. The number of thiophene rings is 1. The lowest BCUT2D eigenvalue weighted by molar-refractivity contribution is -0.133. The number of aliphatic carboxylic acids is 1. The molecule has 2 heterocycles. The highest BCUT2D eigenvalue weighted by Crippen LogP contribution is 2.22. The number of carbonyl (C=O) groups is 1. The van der Waals surface area contributed by atoms with Gasteiger partial charge < -0.3 is 5.11 Å². The molecule has 0 saturated carbocycles. The first-order valence-electron chi connectivity index (χ1n) is 6.34. The van der Waals surface area contributed by atoms with Gasteiger partial charge in [-0.1, -0.05) is 18.7 Å². The van der Waals surface area contributed by atoms with Gasteiger partial charge in [0.05, 0.1) is 11.1 Å². The number of thioether (sulfide) groups is 2. The van der Waals surface area contributed by atoms with Gasteiger partial charge in [-0.25, -0.2) is 4.98 Å². The van der Waals surface area contributed by atoms with E-state index in [9.17, 15) is 9.59 Å². The molecule has 1 unspecified atom stereocenters. The Labute approximate surface area is 134 Å². The molecule has 0 aliphatic heterocycles. The van der Waals surface area contributed by atoms with Crippen LogP contribution >= 0.6 is 34.9 Å². The van der Waals surface area contributed by atoms with Crippen molar-refractivity contribution in [2.45, 2.75) is 18.6 Å². The van der Waals surface area contributed by atoms with E-state index in [0.717, 1.165) is 17.5 Å². The minimum absolute atomic E-state index is 0.0814. The summed E-state index contributed by atoms with van der Waals surface area (Å²) in [5.41, 5.74) is -0.0814. The Hall–Kier alpha value is -0.990. The second-order valence-electron chi connectivity index (χ2n) is 4.69. The van der Waals surface area contributed by atoms with Crippen LogP contribution in [0.3, 0.4) is 0 Å². The van der Waals surface area contributed by atoms with E-state index in [-0.39, 0.29) is 11.3 Å². The molecule has 0 amide bonds. The van der Waals surface area contributed by atoms with E-state index in [1.807, 2.05) is 11.6 Å². The fraction of sp³-hybridized carbons (Fsp3) is 0.462. The number of carboxylic acids is 1. The molecule has 5 nitrogen and oxygen atoms in total. The van der Waals surface area contributed by atoms with E-state index >= 15 is 0 Å². The van der Waals surface area contributed by atoms with Gasteiger partial charge in [-0.15, -0.1) is 11.3 Å². The summed E-state index contributed by atoms with van der Waals surface area (Å²) in [5.74, 6) is 0.251. The topological polar surface area (TPSA) is 72.2 Å². The number of rotatable bonds is 7. The first-order chi connectivity index (χ1) is 10.0. The normalized spacial score (nSPS) is 12.7. The molecule has 0 aromatic carbocycles. The van der Waals surface area contributed by atoms with E-state index in [2.05, 4.69) is 11.9 Å². The van der Waals surface area contributed by atoms with Gasteiger partial charge in [-0.05, 0) is 29.4 Å². The smallest absolute Gasteiger partial charge is 0.313 e. The van der Waals surface area contributed by atoms with E-state index < -0.39 is 5.97 Å². The summed E-state index contributed by atoms with van der Waals surface area (Å²) in [5, 5.41) is 11.8. The lowest BCUT2D eigenvalue weighted by Gasteiger charge is -2.15. The lowest BCUT2D eigenvalue weighted by Crippen LogP contribution is -2.26. The van der Waals surface area contributed by atoms with Crippen molar-refractivity contribution in [1.29, 1.82) is 0 Å². The monoisotopic (exact) mass is 344 g/mol. The Morgan fingerprint density at radius 2 is 2.33 bits per heavy atom. The van der Waals surface area contributed by atoms with Gasteiger partial charge in [0.1, 0.15) is 4.83 Å². The van der Waals surface area contributed by atoms with Crippen LogP contribution in [0.2, 0.25) is 0 Å². The number of carboxylic acid groups (broad SMARTS) is 1. The molecule has 8 heteroatoms. The molecule has 2 rings (SSSR count). The molecule has 114 valence electrons. The zero-order valence-electron chi connectivity index (χ0n) is 11.7. The third kappa shape index (κ3) is 4.02. The Balaban J connectivity index is 2.41. The van der Waals surface area contributed by atoms with Gasteiger partial charge in [0, 0.05) is 6.54 Å². The number of hydrogen-bond acceptors (Lipinski definition) is 6. The average Bonchev–Trinajstić information content (AvgIpc) is 2.88. The van der Waals surface area contributed by atoms with Crippen LogP contribution in [0.5, 0.6) is 0 Å². The summed E-state index contributed by atoms with van der Waals surface area (Å²) in [6.45, 7) is 2.63. The predicted molar refractivity (Wildman–Crippen MR) is 89.8 cm³/mol. The molecular formula is C13H16N2O3S3. The van der Waals surface area contributed by atoms with Crippen molar-refractivity contribution in [3.8, 4) is 0 Å². The van der Waals surface area contributed by atoms with E-state index in [4.69, 9.17) is 5.11 Å². The van der Waals surface area contributed by atoms with Gasteiger partial charge in [0.25, 0.3) is 5.56 Å². The highest BCUT2D eigenvalue weighted by atomic mass is 32.2. The minimum Gasteiger partial charge on any atom is -0.481 e. The van der Waals surface area contributed by atoms with Gasteiger partial charge >= 0.3 is 5.97 Å². The Morgan fingerprint density at radius 1 is 1.57 bits per heavy atom. The van der Waals surface area contributed by atoms with E-state index in [0.29, 0.717) is 27.8 Å². The largest absolute Gasteiger partial charge is 0.481 e. The first-order valence-corrected chi connectivity index (χ1v) is 9.60. The van der Waals surface area contributed by atoms with Crippen LogP contribution in [0.4, 0.5) is 0 Å². The summed E-state index contributed by atoms with van der Waals surface area (Å²) in [4.78, 5) is 28.5. The minimum atomic E-state index is -0.913. The fourth-order valence-electron chi connectivity index (χ4n) is 1.98. The highest BCUT2D eigenvalue weighted by molar-refractivity contribution is 7.99. The second-order valence-corrected chi connectivity index (χ2v) is 7.44. The van der Waals surface area contributed by atoms with Crippen molar-refractivity contribution in [2.24, 2.45) is 5.92 Å². The summed E-state index contributed by atoms with van der Waals surface area (Å²) in [6, 6.07) is 1.77. The first kappa shape index (κ1) is 16.4. The van der Waals surface area contributed by atoms with Crippen molar-refractivity contribution >= 4 is 51.0 Å². The Kier molecular flexibility index (Phi) is 5.72. The van der Waals surface area contributed by atoms with E-state index in [1.165, 1.54) is 11.3 Å². The summed E-state index contributed by atoms with van der Waals surface area (Å²) < 4.78 is 1.61. The molecule has 1 N–H and O–H groups in total. The van der Waals surface area contributed by atoms with Crippen molar-refractivity contribution in [3.63, 3.8) is 0 Å². The molecule has 0 saturated heterocycles.